The molecule has 136 valence electrons. The Balaban J connectivity index is 2.26. The van der Waals surface area contributed by atoms with Crippen molar-refractivity contribution in [3.63, 3.8) is 0 Å². The van der Waals surface area contributed by atoms with Crippen molar-refractivity contribution in [2.45, 2.75) is 39.8 Å². The number of nitrogens with zero attached hydrogens (tertiary/aromatic N) is 3. The standard InChI is InChI=1S/C17H23N3O5/c1-16(2,3)17(4)11-18(14(21)10-19(17)15(22)23)9-12-5-7-13(8-6-12)20(24)25/h5-8H,9-11H2,1-4H3,(H,22,23). The number of piperazine rings is 1. The lowest BCUT2D eigenvalue weighted by molar-refractivity contribution is -0.384. The van der Waals surface area contributed by atoms with E-state index >= 15 is 0 Å². The van der Waals surface area contributed by atoms with Gasteiger partial charge in [0.1, 0.15) is 6.54 Å². The largest absolute Gasteiger partial charge is 0.465 e. The van der Waals surface area contributed by atoms with E-state index in [0.717, 1.165) is 5.56 Å². The predicted molar refractivity (Wildman–Crippen MR) is 91.1 cm³/mol. The minimum Gasteiger partial charge on any atom is -0.465 e. The summed E-state index contributed by atoms with van der Waals surface area (Å²) in [6.45, 7) is 8.04. The molecule has 1 aromatic carbocycles. The summed E-state index contributed by atoms with van der Waals surface area (Å²) in [5.41, 5.74) is -0.364. The molecule has 1 aliphatic heterocycles. The molecule has 8 nitrogen and oxygen atoms in total. The third-order valence-electron chi connectivity index (χ3n) is 5.11. The van der Waals surface area contributed by atoms with E-state index in [-0.39, 0.29) is 36.6 Å². The number of nitro benzene ring substituents is 1. The van der Waals surface area contributed by atoms with Crippen molar-refractivity contribution in [2.75, 3.05) is 13.1 Å². The summed E-state index contributed by atoms with van der Waals surface area (Å²) in [6.07, 6.45) is -1.11. The third-order valence-corrected chi connectivity index (χ3v) is 5.11. The van der Waals surface area contributed by atoms with Crippen molar-refractivity contribution in [3.05, 3.63) is 39.9 Å². The Morgan fingerprint density at radius 1 is 1.32 bits per heavy atom. The number of hydrogen-bond acceptors (Lipinski definition) is 4. The highest BCUT2D eigenvalue weighted by atomic mass is 16.6. The van der Waals surface area contributed by atoms with Gasteiger partial charge in [-0.15, -0.1) is 0 Å². The summed E-state index contributed by atoms with van der Waals surface area (Å²) >= 11 is 0. The second kappa shape index (κ2) is 6.34. The molecule has 1 N–H and O–H groups in total. The molecular formula is C17H23N3O5. The van der Waals surface area contributed by atoms with Crippen molar-refractivity contribution in [3.8, 4) is 0 Å². The predicted octanol–water partition coefficient (Wildman–Crippen LogP) is 2.72. The fourth-order valence-corrected chi connectivity index (χ4v) is 2.96. The Kier molecular flexibility index (Phi) is 4.74. The van der Waals surface area contributed by atoms with Gasteiger partial charge in [-0.2, -0.15) is 0 Å². The zero-order chi connectivity index (χ0) is 19.0. The van der Waals surface area contributed by atoms with Gasteiger partial charge in [0.05, 0.1) is 10.5 Å². The Morgan fingerprint density at radius 2 is 1.88 bits per heavy atom. The third kappa shape index (κ3) is 3.57. The second-order valence-corrected chi connectivity index (χ2v) is 7.57. The van der Waals surface area contributed by atoms with Crippen LogP contribution in [0, 0.1) is 15.5 Å². The zero-order valence-electron chi connectivity index (χ0n) is 14.9. The quantitative estimate of drug-likeness (QED) is 0.667. The molecule has 8 heteroatoms. The van der Waals surface area contributed by atoms with E-state index in [9.17, 15) is 24.8 Å². The number of carbonyl (C=O) groups is 2. The minimum atomic E-state index is -1.11. The lowest BCUT2D eigenvalue weighted by Crippen LogP contribution is -2.68. The van der Waals surface area contributed by atoms with Gasteiger partial charge >= 0.3 is 6.09 Å². The molecule has 1 atom stereocenters. The van der Waals surface area contributed by atoms with E-state index in [1.807, 2.05) is 27.7 Å². The van der Waals surface area contributed by atoms with E-state index in [1.165, 1.54) is 17.0 Å². The van der Waals surface area contributed by atoms with Crippen molar-refractivity contribution >= 4 is 17.7 Å². The van der Waals surface area contributed by atoms with Crippen LogP contribution in [0.25, 0.3) is 0 Å². The van der Waals surface area contributed by atoms with E-state index < -0.39 is 16.6 Å². The van der Waals surface area contributed by atoms with Crippen LogP contribution in [0.1, 0.15) is 33.3 Å². The topological polar surface area (TPSA) is 104 Å². The Bertz CT molecular complexity index is 695. The van der Waals surface area contributed by atoms with Crippen LogP contribution in [-0.4, -0.2) is 50.5 Å². The number of non-ortho nitro benzene ring substituents is 1. The Morgan fingerprint density at radius 3 is 2.32 bits per heavy atom. The van der Waals surface area contributed by atoms with Gasteiger partial charge in [-0.25, -0.2) is 4.79 Å². The van der Waals surface area contributed by atoms with Gasteiger partial charge in [-0.3, -0.25) is 19.8 Å². The maximum atomic E-state index is 12.4. The Hall–Kier alpha value is -2.64. The summed E-state index contributed by atoms with van der Waals surface area (Å²) in [5.74, 6) is -0.275. The van der Waals surface area contributed by atoms with Crippen LogP contribution < -0.4 is 0 Å². The van der Waals surface area contributed by atoms with Crippen molar-refractivity contribution in [1.82, 2.24) is 9.80 Å². The van der Waals surface area contributed by atoms with Gasteiger partial charge in [0, 0.05) is 25.2 Å². The van der Waals surface area contributed by atoms with Crippen molar-refractivity contribution in [1.29, 1.82) is 0 Å². The van der Waals surface area contributed by atoms with Crippen LogP contribution >= 0.6 is 0 Å². The lowest BCUT2D eigenvalue weighted by Gasteiger charge is -2.53. The molecule has 0 aromatic heterocycles. The van der Waals surface area contributed by atoms with Gasteiger partial charge in [-0.05, 0) is 17.9 Å². The summed E-state index contributed by atoms with van der Waals surface area (Å²) in [5, 5.41) is 20.2. The average Bonchev–Trinajstić information content (AvgIpc) is 2.49. The van der Waals surface area contributed by atoms with Crippen molar-refractivity contribution in [2.24, 2.45) is 5.41 Å². The van der Waals surface area contributed by atoms with Gasteiger partial charge in [0.2, 0.25) is 5.91 Å². The first-order valence-corrected chi connectivity index (χ1v) is 7.97. The molecule has 1 aliphatic rings. The van der Waals surface area contributed by atoms with Crippen LogP contribution in [0.2, 0.25) is 0 Å². The number of rotatable bonds is 3. The summed E-state index contributed by atoms with van der Waals surface area (Å²) in [4.78, 5) is 37.1. The number of carbonyl (C=O) groups excluding carboxylic acids is 1. The molecule has 1 saturated heterocycles. The lowest BCUT2D eigenvalue weighted by atomic mass is 9.72. The summed E-state index contributed by atoms with van der Waals surface area (Å²) in [6, 6.07) is 6.03. The highest BCUT2D eigenvalue weighted by molar-refractivity contribution is 5.84. The van der Waals surface area contributed by atoms with Gasteiger partial charge in [0.15, 0.2) is 0 Å². The van der Waals surface area contributed by atoms with E-state index in [4.69, 9.17) is 0 Å². The zero-order valence-corrected chi connectivity index (χ0v) is 14.9. The van der Waals surface area contributed by atoms with Gasteiger partial charge in [0.25, 0.3) is 5.69 Å². The highest BCUT2D eigenvalue weighted by Crippen LogP contribution is 2.39. The fraction of sp³-hybridized carbons (Fsp3) is 0.529. The van der Waals surface area contributed by atoms with Crippen LogP contribution in [-0.2, 0) is 11.3 Å². The Labute approximate surface area is 146 Å². The van der Waals surface area contributed by atoms with Crippen LogP contribution in [0.5, 0.6) is 0 Å². The summed E-state index contributed by atoms with van der Waals surface area (Å²) < 4.78 is 0. The molecule has 1 fully saturated rings. The molecule has 1 unspecified atom stereocenters. The first kappa shape index (κ1) is 18.7. The summed E-state index contributed by atoms with van der Waals surface area (Å²) in [7, 11) is 0. The van der Waals surface area contributed by atoms with Crippen LogP contribution in [0.4, 0.5) is 10.5 Å². The fourth-order valence-electron chi connectivity index (χ4n) is 2.96. The minimum absolute atomic E-state index is 0.00898. The van der Waals surface area contributed by atoms with Gasteiger partial charge in [-0.1, -0.05) is 32.9 Å². The molecule has 25 heavy (non-hydrogen) atoms. The number of carboxylic acid groups (broad SMARTS) is 1. The SMILES string of the molecule is CC(C)(C)C1(C)CN(Cc2ccc([N+](=O)[O-])cc2)C(=O)CN1C(=O)O. The molecule has 0 radical (unpaired) electrons. The number of amides is 2. The molecule has 1 heterocycles. The monoisotopic (exact) mass is 349 g/mol. The second-order valence-electron chi connectivity index (χ2n) is 7.57. The number of benzene rings is 1. The molecule has 2 rings (SSSR count). The van der Waals surface area contributed by atoms with Gasteiger partial charge < -0.3 is 10.0 Å². The smallest absolute Gasteiger partial charge is 0.408 e. The highest BCUT2D eigenvalue weighted by Gasteiger charge is 2.50. The van der Waals surface area contributed by atoms with Crippen LogP contribution in [0.3, 0.4) is 0 Å². The van der Waals surface area contributed by atoms with Crippen molar-refractivity contribution < 1.29 is 19.6 Å². The average molecular weight is 349 g/mol. The molecule has 0 aliphatic carbocycles. The molecule has 2 amide bonds. The van der Waals surface area contributed by atoms with E-state index in [1.54, 1.807) is 17.0 Å². The normalized spacial score (nSPS) is 21.4. The number of nitro groups is 1. The maximum Gasteiger partial charge on any atom is 0.408 e. The molecule has 1 aromatic rings. The molecular weight excluding hydrogens is 326 g/mol. The molecule has 0 spiro atoms. The maximum absolute atomic E-state index is 12.4. The first-order valence-electron chi connectivity index (χ1n) is 7.97. The molecule has 0 saturated carbocycles. The van der Waals surface area contributed by atoms with Crippen LogP contribution in [0.15, 0.2) is 24.3 Å². The first-order chi connectivity index (χ1) is 11.5. The number of hydrogen-bond donors (Lipinski definition) is 1. The molecule has 0 bridgehead atoms. The van der Waals surface area contributed by atoms with E-state index in [2.05, 4.69) is 0 Å². The van der Waals surface area contributed by atoms with E-state index in [0.29, 0.717) is 0 Å².